The molecule has 2 aromatic heterocycles. The van der Waals surface area contributed by atoms with E-state index >= 15 is 0 Å². The van der Waals surface area contributed by atoms with Crippen molar-refractivity contribution in [2.75, 3.05) is 37.7 Å². The number of rotatable bonds is 3. The van der Waals surface area contributed by atoms with Gasteiger partial charge in [-0.2, -0.15) is 0 Å². The molecule has 0 bridgehead atoms. The average Bonchev–Trinajstić information content (AvgIpc) is 3.27. The van der Waals surface area contributed by atoms with Crippen molar-refractivity contribution < 1.29 is 4.74 Å². The lowest BCUT2D eigenvalue weighted by atomic mass is 10.0. The third kappa shape index (κ3) is 3.05. The highest BCUT2D eigenvalue weighted by Gasteiger charge is 2.40. The minimum atomic E-state index is 0.744. The Morgan fingerprint density at radius 1 is 1.20 bits per heavy atom. The van der Waals surface area contributed by atoms with Gasteiger partial charge >= 0.3 is 0 Å². The van der Waals surface area contributed by atoms with Crippen LogP contribution >= 0.6 is 11.3 Å². The molecule has 0 saturated carbocycles. The first-order valence-electron chi connectivity index (χ1n) is 9.06. The van der Waals surface area contributed by atoms with Crippen LogP contribution in [0.1, 0.15) is 21.3 Å². The Morgan fingerprint density at radius 3 is 2.80 bits per heavy atom. The highest BCUT2D eigenvalue weighted by molar-refractivity contribution is 7.11. The standard InChI is InChI=1S/C18H23N5OS/c1-12-4-17(20-11-19-12)23-7-13-5-22(6-14(13)8-23)9-18-21-15-2-3-24-10-16(15)25-18/h4,11,13-14H,2-3,5-10H2,1H3. The largest absolute Gasteiger partial charge is 0.375 e. The molecule has 2 fully saturated rings. The normalized spacial score (nSPS) is 26.0. The Morgan fingerprint density at radius 2 is 2.04 bits per heavy atom. The summed E-state index contributed by atoms with van der Waals surface area (Å²) in [7, 11) is 0. The number of hydrogen-bond donors (Lipinski definition) is 0. The Hall–Kier alpha value is -1.57. The van der Waals surface area contributed by atoms with Crippen molar-refractivity contribution in [1.29, 1.82) is 0 Å². The van der Waals surface area contributed by atoms with Crippen molar-refractivity contribution >= 4 is 17.2 Å². The third-order valence-electron chi connectivity index (χ3n) is 5.57. The SMILES string of the molecule is Cc1cc(N2CC3CN(Cc4nc5c(s4)COCC5)CC3C2)ncn1. The van der Waals surface area contributed by atoms with Crippen molar-refractivity contribution in [1.82, 2.24) is 19.9 Å². The molecule has 25 heavy (non-hydrogen) atoms. The van der Waals surface area contributed by atoms with Gasteiger partial charge in [-0.15, -0.1) is 11.3 Å². The highest BCUT2D eigenvalue weighted by atomic mass is 32.1. The van der Waals surface area contributed by atoms with Gasteiger partial charge in [0.05, 0.1) is 30.3 Å². The first kappa shape index (κ1) is 15.7. The molecule has 0 aliphatic carbocycles. The van der Waals surface area contributed by atoms with Crippen LogP contribution in [0.4, 0.5) is 5.82 Å². The summed E-state index contributed by atoms with van der Waals surface area (Å²) in [5.74, 6) is 2.57. The number of aromatic nitrogens is 3. The van der Waals surface area contributed by atoms with Gasteiger partial charge in [0.2, 0.25) is 0 Å². The second-order valence-corrected chi connectivity index (χ2v) is 8.59. The first-order valence-corrected chi connectivity index (χ1v) is 9.87. The van der Waals surface area contributed by atoms with Gasteiger partial charge in [0.1, 0.15) is 17.2 Å². The maximum Gasteiger partial charge on any atom is 0.132 e. The molecule has 0 aromatic carbocycles. The van der Waals surface area contributed by atoms with Crippen LogP contribution in [-0.2, 0) is 24.3 Å². The summed E-state index contributed by atoms with van der Waals surface area (Å²) in [5.41, 5.74) is 2.32. The lowest BCUT2D eigenvalue weighted by Gasteiger charge is -2.21. The van der Waals surface area contributed by atoms with Crippen molar-refractivity contribution in [3.63, 3.8) is 0 Å². The van der Waals surface area contributed by atoms with E-state index in [1.54, 1.807) is 6.33 Å². The lowest BCUT2D eigenvalue weighted by Crippen LogP contribution is -2.29. The molecule has 0 spiro atoms. The molecule has 2 unspecified atom stereocenters. The fraction of sp³-hybridized carbons (Fsp3) is 0.611. The van der Waals surface area contributed by atoms with Gasteiger partial charge in [0, 0.05) is 44.4 Å². The van der Waals surface area contributed by atoms with Gasteiger partial charge in [0.15, 0.2) is 0 Å². The van der Waals surface area contributed by atoms with E-state index in [2.05, 4.69) is 25.8 Å². The molecule has 0 amide bonds. The van der Waals surface area contributed by atoms with Gasteiger partial charge in [-0.1, -0.05) is 0 Å². The van der Waals surface area contributed by atoms with Crippen LogP contribution in [0.5, 0.6) is 0 Å². The second-order valence-electron chi connectivity index (χ2n) is 7.42. The van der Waals surface area contributed by atoms with E-state index in [-0.39, 0.29) is 0 Å². The van der Waals surface area contributed by atoms with Crippen LogP contribution in [-0.4, -0.2) is 52.6 Å². The molecule has 0 radical (unpaired) electrons. The number of nitrogens with zero attached hydrogens (tertiary/aromatic N) is 5. The van der Waals surface area contributed by atoms with Gasteiger partial charge in [-0.05, 0) is 18.8 Å². The Balaban J connectivity index is 1.21. The Kier molecular flexibility index (Phi) is 3.95. The van der Waals surface area contributed by atoms with E-state index in [1.807, 2.05) is 18.3 Å². The summed E-state index contributed by atoms with van der Waals surface area (Å²) in [6.45, 7) is 9.17. The highest BCUT2D eigenvalue weighted by Crippen LogP contribution is 2.34. The van der Waals surface area contributed by atoms with E-state index in [1.165, 1.54) is 28.7 Å². The quantitative estimate of drug-likeness (QED) is 0.836. The van der Waals surface area contributed by atoms with Gasteiger partial charge in [-0.25, -0.2) is 15.0 Å². The van der Waals surface area contributed by atoms with Crippen molar-refractivity contribution in [3.05, 3.63) is 33.7 Å². The summed E-state index contributed by atoms with van der Waals surface area (Å²) in [4.78, 5) is 19.9. The fourth-order valence-corrected chi connectivity index (χ4v) is 5.45. The molecule has 0 N–H and O–H groups in total. The van der Waals surface area contributed by atoms with Crippen LogP contribution < -0.4 is 4.90 Å². The molecule has 5 rings (SSSR count). The number of thiazole rings is 1. The maximum absolute atomic E-state index is 5.54. The van der Waals surface area contributed by atoms with Gasteiger partial charge < -0.3 is 9.64 Å². The minimum absolute atomic E-state index is 0.744. The zero-order chi connectivity index (χ0) is 16.8. The van der Waals surface area contributed by atoms with Gasteiger partial charge in [-0.3, -0.25) is 4.90 Å². The van der Waals surface area contributed by atoms with Crippen LogP contribution in [0.2, 0.25) is 0 Å². The van der Waals surface area contributed by atoms with Crippen LogP contribution in [0, 0.1) is 18.8 Å². The summed E-state index contributed by atoms with van der Waals surface area (Å²) in [5, 5.41) is 1.26. The maximum atomic E-state index is 5.54. The predicted molar refractivity (Wildman–Crippen MR) is 96.7 cm³/mol. The van der Waals surface area contributed by atoms with E-state index in [0.29, 0.717) is 0 Å². The zero-order valence-electron chi connectivity index (χ0n) is 14.5. The lowest BCUT2D eigenvalue weighted by molar-refractivity contribution is 0.112. The number of hydrogen-bond acceptors (Lipinski definition) is 7. The fourth-order valence-electron chi connectivity index (χ4n) is 4.36. The zero-order valence-corrected chi connectivity index (χ0v) is 15.3. The monoisotopic (exact) mass is 357 g/mol. The van der Waals surface area contributed by atoms with E-state index in [9.17, 15) is 0 Å². The number of fused-ring (bicyclic) bond motifs is 2. The molecule has 3 aliphatic rings. The molecule has 3 aliphatic heterocycles. The molecular formula is C18H23N5OS. The third-order valence-corrected chi connectivity index (χ3v) is 6.63. The van der Waals surface area contributed by atoms with Crippen molar-refractivity contribution in [3.8, 4) is 0 Å². The van der Waals surface area contributed by atoms with E-state index in [0.717, 1.165) is 62.6 Å². The summed E-state index contributed by atoms with van der Waals surface area (Å²) in [6, 6.07) is 2.10. The van der Waals surface area contributed by atoms with Crippen molar-refractivity contribution in [2.24, 2.45) is 11.8 Å². The first-order chi connectivity index (χ1) is 12.2. The average molecular weight is 357 g/mol. The van der Waals surface area contributed by atoms with Crippen molar-refractivity contribution in [2.45, 2.75) is 26.5 Å². The van der Waals surface area contributed by atoms with Gasteiger partial charge in [0.25, 0.3) is 0 Å². The number of likely N-dealkylation sites (tertiary alicyclic amines) is 1. The second kappa shape index (κ2) is 6.30. The van der Waals surface area contributed by atoms with E-state index in [4.69, 9.17) is 9.72 Å². The molecule has 5 heterocycles. The Bertz CT molecular complexity index is 741. The summed E-state index contributed by atoms with van der Waals surface area (Å²) < 4.78 is 5.54. The number of anilines is 1. The Labute approximate surface area is 151 Å². The van der Waals surface area contributed by atoms with Crippen LogP contribution in [0.15, 0.2) is 12.4 Å². The molecule has 132 valence electrons. The molecule has 2 aromatic rings. The molecule has 6 nitrogen and oxygen atoms in total. The molecule has 2 saturated heterocycles. The predicted octanol–water partition coefficient (Wildman–Crippen LogP) is 1.88. The smallest absolute Gasteiger partial charge is 0.132 e. The van der Waals surface area contributed by atoms with Crippen LogP contribution in [0.25, 0.3) is 0 Å². The summed E-state index contributed by atoms with van der Waals surface area (Å²) in [6.07, 6.45) is 2.66. The molecular weight excluding hydrogens is 334 g/mol. The minimum Gasteiger partial charge on any atom is -0.375 e. The van der Waals surface area contributed by atoms with E-state index < -0.39 is 0 Å². The number of ether oxygens (including phenoxy) is 1. The summed E-state index contributed by atoms with van der Waals surface area (Å²) >= 11 is 1.84. The topological polar surface area (TPSA) is 54.4 Å². The number of aryl methyl sites for hydroxylation is 1. The molecule has 7 heteroatoms. The van der Waals surface area contributed by atoms with Crippen LogP contribution in [0.3, 0.4) is 0 Å². The molecule has 2 atom stereocenters.